The zero-order valence-electron chi connectivity index (χ0n) is 14.6. The number of halogens is 1. The number of hydrogen-bond donors (Lipinski definition) is 1. The Morgan fingerprint density at radius 2 is 2.14 bits per heavy atom. The maximum Gasteiger partial charge on any atom is 0.373 e. The van der Waals surface area contributed by atoms with Gasteiger partial charge in [0, 0.05) is 17.8 Å². The van der Waals surface area contributed by atoms with Gasteiger partial charge in [0.05, 0.1) is 35.5 Å². The average molecular weight is 444 g/mol. The highest BCUT2D eigenvalue weighted by Gasteiger charge is 2.22. The minimum atomic E-state index is -3.52. The molecule has 3 heterocycles. The number of thiophene rings is 1. The third kappa shape index (κ3) is 4.26. The Morgan fingerprint density at radius 1 is 1.39 bits per heavy atom. The number of carbonyl (C=O) groups excluding carboxylic acids is 2. The molecule has 1 N–H and O–H groups in total. The van der Waals surface area contributed by atoms with Crippen LogP contribution in [-0.4, -0.2) is 43.4 Å². The molecule has 28 heavy (non-hydrogen) atoms. The van der Waals surface area contributed by atoms with E-state index >= 15 is 0 Å². The van der Waals surface area contributed by atoms with Crippen molar-refractivity contribution in [1.29, 1.82) is 0 Å². The Labute approximate surface area is 168 Å². The third-order valence-corrected chi connectivity index (χ3v) is 6.43. The van der Waals surface area contributed by atoms with Crippen molar-refractivity contribution in [3.05, 3.63) is 51.3 Å². The van der Waals surface area contributed by atoms with Crippen LogP contribution in [0.2, 0.25) is 5.02 Å². The number of anilines is 1. The standard InChI is InChI=1S/C16H14ClN3O6S2/c1-25-16(22)11-4-3-10(26-11)7-20-6-9(5-18-20)19-15(21)14-13(17)12(8-27-14)28(2,23)24/h3-6,8H,7H2,1-2H3,(H,19,21). The molecule has 0 aliphatic rings. The third-order valence-electron chi connectivity index (χ3n) is 3.56. The van der Waals surface area contributed by atoms with E-state index in [-0.39, 0.29) is 27.1 Å². The molecule has 0 aliphatic heterocycles. The zero-order valence-corrected chi connectivity index (χ0v) is 17.0. The summed E-state index contributed by atoms with van der Waals surface area (Å²) in [4.78, 5) is 23.8. The summed E-state index contributed by atoms with van der Waals surface area (Å²) in [5, 5.41) is 7.92. The van der Waals surface area contributed by atoms with Crippen LogP contribution in [0.5, 0.6) is 0 Å². The van der Waals surface area contributed by atoms with Gasteiger partial charge in [-0.3, -0.25) is 9.48 Å². The number of rotatable bonds is 6. The Bertz CT molecular complexity index is 1150. The number of furan rings is 1. The summed E-state index contributed by atoms with van der Waals surface area (Å²) in [6, 6.07) is 3.11. The second kappa shape index (κ2) is 7.78. The van der Waals surface area contributed by atoms with E-state index in [1.54, 1.807) is 12.3 Å². The van der Waals surface area contributed by atoms with Gasteiger partial charge in [0.2, 0.25) is 5.76 Å². The Kier molecular flexibility index (Phi) is 5.59. The summed E-state index contributed by atoms with van der Waals surface area (Å²) in [5.41, 5.74) is 0.384. The van der Waals surface area contributed by atoms with Gasteiger partial charge in [0.15, 0.2) is 9.84 Å². The van der Waals surface area contributed by atoms with E-state index in [1.807, 2.05) is 0 Å². The Balaban J connectivity index is 1.69. The number of esters is 1. The van der Waals surface area contributed by atoms with Crippen LogP contribution in [0.4, 0.5) is 5.69 Å². The van der Waals surface area contributed by atoms with Crippen molar-refractivity contribution >= 4 is 50.3 Å². The fraction of sp³-hybridized carbons (Fsp3) is 0.188. The van der Waals surface area contributed by atoms with E-state index in [2.05, 4.69) is 15.2 Å². The molecule has 0 fully saturated rings. The molecule has 0 atom stereocenters. The molecule has 1 amide bonds. The summed E-state index contributed by atoms with van der Waals surface area (Å²) < 4.78 is 34.7. The molecule has 0 radical (unpaired) electrons. The molecule has 0 bridgehead atoms. The summed E-state index contributed by atoms with van der Waals surface area (Å²) >= 11 is 6.96. The fourth-order valence-electron chi connectivity index (χ4n) is 2.27. The monoisotopic (exact) mass is 443 g/mol. The molecule has 3 rings (SSSR count). The lowest BCUT2D eigenvalue weighted by Crippen LogP contribution is -2.10. The van der Waals surface area contributed by atoms with Gasteiger partial charge in [0.25, 0.3) is 5.91 Å². The maximum atomic E-state index is 12.4. The quantitative estimate of drug-likeness (QED) is 0.581. The normalized spacial score (nSPS) is 11.4. The summed E-state index contributed by atoms with van der Waals surface area (Å²) in [6.07, 6.45) is 3.99. The zero-order chi connectivity index (χ0) is 20.5. The van der Waals surface area contributed by atoms with Gasteiger partial charge in [-0.05, 0) is 12.1 Å². The van der Waals surface area contributed by atoms with Crippen LogP contribution in [-0.2, 0) is 21.1 Å². The highest BCUT2D eigenvalue weighted by Crippen LogP contribution is 2.32. The molecule has 9 nitrogen and oxygen atoms in total. The number of amides is 1. The molecule has 0 unspecified atom stereocenters. The van der Waals surface area contributed by atoms with Crippen molar-refractivity contribution in [2.45, 2.75) is 11.4 Å². The van der Waals surface area contributed by atoms with Crippen LogP contribution in [0.1, 0.15) is 26.0 Å². The van der Waals surface area contributed by atoms with Gasteiger partial charge in [-0.25, -0.2) is 13.2 Å². The number of sulfone groups is 1. The number of hydrogen-bond acceptors (Lipinski definition) is 8. The van der Waals surface area contributed by atoms with Gasteiger partial charge < -0.3 is 14.5 Å². The van der Waals surface area contributed by atoms with E-state index in [4.69, 9.17) is 16.0 Å². The van der Waals surface area contributed by atoms with Crippen LogP contribution in [0, 0.1) is 0 Å². The van der Waals surface area contributed by atoms with Crippen molar-refractivity contribution in [3.8, 4) is 0 Å². The van der Waals surface area contributed by atoms with Crippen molar-refractivity contribution in [2.75, 3.05) is 18.7 Å². The van der Waals surface area contributed by atoms with Crippen LogP contribution in [0.25, 0.3) is 0 Å². The summed E-state index contributed by atoms with van der Waals surface area (Å²) in [7, 11) is -2.26. The number of nitrogens with zero attached hydrogens (tertiary/aromatic N) is 2. The van der Waals surface area contributed by atoms with Crippen molar-refractivity contribution in [1.82, 2.24) is 9.78 Å². The van der Waals surface area contributed by atoms with Gasteiger partial charge in [-0.15, -0.1) is 11.3 Å². The molecule has 0 saturated heterocycles. The first-order chi connectivity index (χ1) is 13.2. The molecule has 0 spiro atoms. The molecular weight excluding hydrogens is 430 g/mol. The van der Waals surface area contributed by atoms with Gasteiger partial charge in [0.1, 0.15) is 10.6 Å². The number of methoxy groups -OCH3 is 1. The van der Waals surface area contributed by atoms with E-state index in [0.29, 0.717) is 11.4 Å². The fourth-order valence-corrected chi connectivity index (χ4v) is 5.08. The van der Waals surface area contributed by atoms with Gasteiger partial charge in [-0.1, -0.05) is 11.6 Å². The Morgan fingerprint density at radius 3 is 2.79 bits per heavy atom. The second-order valence-corrected chi connectivity index (χ2v) is 8.90. The first-order valence-corrected chi connectivity index (χ1v) is 10.8. The van der Waals surface area contributed by atoms with Crippen LogP contribution in [0.15, 0.2) is 39.2 Å². The minimum absolute atomic E-state index is 0.0761. The van der Waals surface area contributed by atoms with Crippen molar-refractivity contribution < 1.29 is 27.2 Å². The van der Waals surface area contributed by atoms with Crippen LogP contribution >= 0.6 is 22.9 Å². The highest BCUT2D eigenvalue weighted by molar-refractivity contribution is 7.91. The van der Waals surface area contributed by atoms with Crippen LogP contribution < -0.4 is 5.32 Å². The van der Waals surface area contributed by atoms with E-state index in [0.717, 1.165) is 17.6 Å². The van der Waals surface area contributed by atoms with Crippen molar-refractivity contribution in [3.63, 3.8) is 0 Å². The van der Waals surface area contributed by atoms with E-state index in [9.17, 15) is 18.0 Å². The largest absolute Gasteiger partial charge is 0.463 e. The highest BCUT2D eigenvalue weighted by atomic mass is 35.5. The van der Waals surface area contributed by atoms with Crippen molar-refractivity contribution in [2.24, 2.45) is 0 Å². The van der Waals surface area contributed by atoms with E-state index < -0.39 is 21.7 Å². The number of ether oxygens (including phenoxy) is 1. The molecule has 3 aromatic heterocycles. The lowest BCUT2D eigenvalue weighted by molar-refractivity contribution is 0.0562. The predicted molar refractivity (Wildman–Crippen MR) is 102 cm³/mol. The topological polar surface area (TPSA) is 120 Å². The first kappa shape index (κ1) is 20.1. The first-order valence-electron chi connectivity index (χ1n) is 7.67. The molecule has 12 heteroatoms. The SMILES string of the molecule is COC(=O)c1ccc(Cn2cc(NC(=O)c3scc(S(C)(=O)=O)c3Cl)cn2)o1. The van der Waals surface area contributed by atoms with Crippen LogP contribution in [0.3, 0.4) is 0 Å². The molecular formula is C16H14ClN3O6S2. The molecule has 0 saturated carbocycles. The molecule has 0 aliphatic carbocycles. The molecule has 3 aromatic rings. The smallest absolute Gasteiger partial charge is 0.373 e. The summed E-state index contributed by atoms with van der Waals surface area (Å²) in [6.45, 7) is 0.227. The number of nitrogens with one attached hydrogen (secondary N) is 1. The average Bonchev–Trinajstić information content (AvgIpc) is 3.34. The van der Waals surface area contributed by atoms with Gasteiger partial charge in [-0.2, -0.15) is 5.10 Å². The minimum Gasteiger partial charge on any atom is -0.463 e. The maximum absolute atomic E-state index is 12.4. The lowest BCUT2D eigenvalue weighted by Gasteiger charge is -2.01. The van der Waals surface area contributed by atoms with Gasteiger partial charge >= 0.3 is 5.97 Å². The number of aromatic nitrogens is 2. The number of carbonyl (C=O) groups is 2. The Hall–Kier alpha value is -2.63. The second-order valence-electron chi connectivity index (χ2n) is 5.65. The lowest BCUT2D eigenvalue weighted by atomic mass is 10.4. The summed E-state index contributed by atoms with van der Waals surface area (Å²) in [5.74, 6) is -0.580. The van der Waals surface area contributed by atoms with E-state index in [1.165, 1.54) is 29.4 Å². The predicted octanol–water partition coefficient (Wildman–Crippen LogP) is 2.68. The molecule has 0 aromatic carbocycles. The molecule has 148 valence electrons.